The van der Waals surface area contributed by atoms with Crippen LogP contribution in [0.5, 0.6) is 0 Å². The van der Waals surface area contributed by atoms with E-state index in [1.54, 1.807) is 0 Å². The SMILES string of the molecule is C/C=C(Cl)\C=C/C1=NC(C(CC)C(=O)OCC)=CC1. The molecule has 1 aliphatic rings. The summed E-state index contributed by atoms with van der Waals surface area (Å²) >= 11 is 5.89. The molecular formula is C15H20ClNO2. The Morgan fingerprint density at radius 2 is 2.32 bits per heavy atom. The average Bonchev–Trinajstić information content (AvgIpc) is 2.86. The second-order valence-corrected chi connectivity index (χ2v) is 4.59. The lowest BCUT2D eigenvalue weighted by Gasteiger charge is -2.12. The maximum atomic E-state index is 11.8. The van der Waals surface area contributed by atoms with Crippen molar-refractivity contribution in [1.29, 1.82) is 0 Å². The second-order valence-electron chi connectivity index (χ2n) is 4.16. The lowest BCUT2D eigenvalue weighted by Crippen LogP contribution is -2.18. The molecule has 0 N–H and O–H groups in total. The van der Waals surface area contributed by atoms with Gasteiger partial charge in [0, 0.05) is 17.2 Å². The van der Waals surface area contributed by atoms with E-state index in [-0.39, 0.29) is 11.9 Å². The number of hydrogen-bond donors (Lipinski definition) is 0. The lowest BCUT2D eigenvalue weighted by molar-refractivity contribution is -0.146. The van der Waals surface area contributed by atoms with Gasteiger partial charge in [-0.05, 0) is 32.4 Å². The molecule has 0 aliphatic carbocycles. The molecule has 3 nitrogen and oxygen atoms in total. The third kappa shape index (κ3) is 4.67. The molecule has 104 valence electrons. The van der Waals surface area contributed by atoms with Crippen molar-refractivity contribution in [1.82, 2.24) is 0 Å². The fourth-order valence-electron chi connectivity index (χ4n) is 1.80. The molecule has 1 heterocycles. The molecule has 0 bridgehead atoms. The van der Waals surface area contributed by atoms with Crippen molar-refractivity contribution in [2.45, 2.75) is 33.6 Å². The van der Waals surface area contributed by atoms with Crippen LogP contribution in [0.1, 0.15) is 33.6 Å². The highest BCUT2D eigenvalue weighted by Gasteiger charge is 2.24. The standard InChI is InChI=1S/C15H20ClNO2/c1-4-11(16)7-8-12-9-10-14(17-12)13(5-2)15(18)19-6-3/h4,7-8,10,13H,5-6,9H2,1-3H3/b8-7-,11-4+. The Morgan fingerprint density at radius 3 is 2.89 bits per heavy atom. The molecule has 0 fully saturated rings. The molecule has 0 aromatic carbocycles. The van der Waals surface area contributed by atoms with Gasteiger partial charge in [0.15, 0.2) is 0 Å². The van der Waals surface area contributed by atoms with Crippen molar-refractivity contribution in [3.05, 3.63) is 35.0 Å². The highest BCUT2D eigenvalue weighted by atomic mass is 35.5. The van der Waals surface area contributed by atoms with Gasteiger partial charge in [0.2, 0.25) is 0 Å². The van der Waals surface area contributed by atoms with E-state index in [1.807, 2.05) is 45.1 Å². The summed E-state index contributed by atoms with van der Waals surface area (Å²) in [6, 6.07) is 0. The van der Waals surface area contributed by atoms with Crippen molar-refractivity contribution < 1.29 is 9.53 Å². The number of halogens is 1. The predicted octanol–water partition coefficient (Wildman–Crippen LogP) is 4.00. The van der Waals surface area contributed by atoms with Crippen molar-refractivity contribution in [3.8, 4) is 0 Å². The molecule has 0 radical (unpaired) electrons. The van der Waals surface area contributed by atoms with Crippen molar-refractivity contribution >= 4 is 23.3 Å². The molecule has 4 heteroatoms. The van der Waals surface area contributed by atoms with Crippen LogP contribution in [0.15, 0.2) is 40.0 Å². The van der Waals surface area contributed by atoms with E-state index in [0.29, 0.717) is 18.1 Å². The molecule has 1 atom stereocenters. The van der Waals surface area contributed by atoms with Gasteiger partial charge in [0.1, 0.15) is 0 Å². The van der Waals surface area contributed by atoms with Crippen LogP contribution in [0.25, 0.3) is 0 Å². The minimum Gasteiger partial charge on any atom is -0.465 e. The monoisotopic (exact) mass is 281 g/mol. The highest BCUT2D eigenvalue weighted by molar-refractivity contribution is 6.31. The highest BCUT2D eigenvalue weighted by Crippen LogP contribution is 2.24. The molecule has 0 aromatic heterocycles. The normalized spacial score (nSPS) is 17.4. The molecule has 1 rings (SSSR count). The molecule has 0 spiro atoms. The average molecular weight is 282 g/mol. The van der Waals surface area contributed by atoms with E-state index in [0.717, 1.165) is 17.8 Å². The summed E-state index contributed by atoms with van der Waals surface area (Å²) in [5.74, 6) is -0.459. The van der Waals surface area contributed by atoms with Gasteiger partial charge in [-0.1, -0.05) is 30.7 Å². The fraction of sp³-hybridized carbons (Fsp3) is 0.467. The summed E-state index contributed by atoms with van der Waals surface area (Å²) in [5, 5.41) is 0.675. The molecule has 1 unspecified atom stereocenters. The minimum absolute atomic E-state index is 0.197. The molecular weight excluding hydrogens is 262 g/mol. The van der Waals surface area contributed by atoms with Crippen molar-refractivity contribution in [3.63, 3.8) is 0 Å². The smallest absolute Gasteiger partial charge is 0.314 e. The summed E-state index contributed by atoms with van der Waals surface area (Å²) < 4.78 is 5.06. The molecule has 0 saturated carbocycles. The third-order valence-corrected chi connectivity index (χ3v) is 3.18. The third-order valence-electron chi connectivity index (χ3n) is 2.84. The van der Waals surface area contributed by atoms with Crippen LogP contribution in [-0.4, -0.2) is 18.3 Å². The summed E-state index contributed by atoms with van der Waals surface area (Å²) in [6.45, 7) is 6.04. The van der Waals surface area contributed by atoms with E-state index >= 15 is 0 Å². The summed E-state index contributed by atoms with van der Waals surface area (Å²) in [5.41, 5.74) is 1.72. The van der Waals surface area contributed by atoms with Crippen LogP contribution in [-0.2, 0) is 9.53 Å². The first-order valence-corrected chi connectivity index (χ1v) is 6.94. The van der Waals surface area contributed by atoms with Crippen LogP contribution in [0.4, 0.5) is 0 Å². The number of ether oxygens (including phenoxy) is 1. The number of nitrogens with zero attached hydrogens (tertiary/aromatic N) is 1. The van der Waals surface area contributed by atoms with Crippen LogP contribution >= 0.6 is 11.6 Å². The fourth-order valence-corrected chi connectivity index (χ4v) is 1.87. The molecule has 0 saturated heterocycles. The van der Waals surface area contributed by atoms with Crippen LogP contribution < -0.4 is 0 Å². The van der Waals surface area contributed by atoms with Gasteiger partial charge >= 0.3 is 5.97 Å². The number of allylic oxidation sites excluding steroid dienone is 5. The summed E-state index contributed by atoms with van der Waals surface area (Å²) in [6.07, 6.45) is 8.91. The van der Waals surface area contributed by atoms with Gasteiger partial charge in [-0.3, -0.25) is 9.79 Å². The molecule has 19 heavy (non-hydrogen) atoms. The van der Waals surface area contributed by atoms with Gasteiger partial charge in [0.25, 0.3) is 0 Å². The first kappa shape index (κ1) is 15.7. The molecule has 0 aromatic rings. The zero-order valence-electron chi connectivity index (χ0n) is 11.6. The number of carbonyl (C=O) groups excluding carboxylic acids is 1. The zero-order valence-corrected chi connectivity index (χ0v) is 12.4. The Kier molecular flexibility index (Phi) is 6.57. The topological polar surface area (TPSA) is 38.7 Å². The summed E-state index contributed by atoms with van der Waals surface area (Å²) in [4.78, 5) is 16.3. The summed E-state index contributed by atoms with van der Waals surface area (Å²) in [7, 11) is 0. The van der Waals surface area contributed by atoms with Gasteiger partial charge in [0.05, 0.1) is 18.2 Å². The zero-order chi connectivity index (χ0) is 14.3. The Hall–Kier alpha value is -1.35. The predicted molar refractivity (Wildman–Crippen MR) is 79.3 cm³/mol. The first-order chi connectivity index (χ1) is 9.12. The Morgan fingerprint density at radius 1 is 1.58 bits per heavy atom. The van der Waals surface area contributed by atoms with Gasteiger partial charge < -0.3 is 4.74 Å². The number of carbonyl (C=O) groups is 1. The van der Waals surface area contributed by atoms with Crippen LogP contribution in [0, 0.1) is 5.92 Å². The van der Waals surface area contributed by atoms with Crippen LogP contribution in [0.3, 0.4) is 0 Å². The minimum atomic E-state index is -0.261. The molecule has 1 aliphatic heterocycles. The number of esters is 1. The lowest BCUT2D eigenvalue weighted by atomic mass is 10.0. The van der Waals surface area contributed by atoms with Gasteiger partial charge in [-0.25, -0.2) is 0 Å². The number of aliphatic imine (C=N–C) groups is 1. The molecule has 0 amide bonds. The number of hydrogen-bond acceptors (Lipinski definition) is 3. The Labute approximate surface area is 119 Å². The quantitative estimate of drug-likeness (QED) is 0.545. The van der Waals surface area contributed by atoms with Crippen molar-refractivity contribution in [2.24, 2.45) is 10.9 Å². The van der Waals surface area contributed by atoms with E-state index in [2.05, 4.69) is 4.99 Å². The van der Waals surface area contributed by atoms with E-state index < -0.39 is 0 Å². The second kappa shape index (κ2) is 7.95. The van der Waals surface area contributed by atoms with E-state index in [4.69, 9.17) is 16.3 Å². The van der Waals surface area contributed by atoms with Gasteiger partial charge in [-0.15, -0.1) is 0 Å². The van der Waals surface area contributed by atoms with E-state index in [1.165, 1.54) is 0 Å². The Balaban J connectivity index is 2.73. The van der Waals surface area contributed by atoms with Crippen LogP contribution in [0.2, 0.25) is 0 Å². The first-order valence-electron chi connectivity index (χ1n) is 6.56. The number of rotatable bonds is 6. The van der Waals surface area contributed by atoms with Gasteiger partial charge in [-0.2, -0.15) is 0 Å². The maximum absolute atomic E-state index is 11.8. The van der Waals surface area contributed by atoms with E-state index in [9.17, 15) is 4.79 Å². The largest absolute Gasteiger partial charge is 0.465 e. The van der Waals surface area contributed by atoms with Crippen molar-refractivity contribution in [2.75, 3.05) is 6.61 Å². The Bertz CT molecular complexity index is 447. The maximum Gasteiger partial charge on any atom is 0.314 e.